The van der Waals surface area contributed by atoms with Gasteiger partial charge in [-0.15, -0.1) is 0 Å². The van der Waals surface area contributed by atoms with Crippen LogP contribution in [0.25, 0.3) is 0 Å². The number of hydrogen-bond donors (Lipinski definition) is 2. The van der Waals surface area contributed by atoms with E-state index in [1.54, 1.807) is 12.4 Å². The highest BCUT2D eigenvalue weighted by Gasteiger charge is 2.20. The minimum Gasteiger partial charge on any atom is -0.369 e. The lowest BCUT2D eigenvalue weighted by molar-refractivity contribution is 0.322. The zero-order valence-corrected chi connectivity index (χ0v) is 11.3. The molecule has 5 heteroatoms. The molecule has 0 aliphatic carbocycles. The highest BCUT2D eigenvalue weighted by Crippen LogP contribution is 2.15. The number of nitrogens with zero attached hydrogens (tertiary/aromatic N) is 3. The molecule has 1 fully saturated rings. The lowest BCUT2D eigenvalue weighted by atomic mass is 10.2. The van der Waals surface area contributed by atoms with Crippen LogP contribution in [0.4, 0.5) is 11.6 Å². The van der Waals surface area contributed by atoms with Gasteiger partial charge in [0.05, 0.1) is 12.4 Å². The van der Waals surface area contributed by atoms with Gasteiger partial charge >= 0.3 is 0 Å². The molecule has 0 aromatic carbocycles. The van der Waals surface area contributed by atoms with Gasteiger partial charge in [-0.3, -0.25) is 4.98 Å². The quantitative estimate of drug-likeness (QED) is 0.805. The van der Waals surface area contributed by atoms with Crippen molar-refractivity contribution in [2.45, 2.75) is 32.2 Å². The first-order valence-corrected chi connectivity index (χ1v) is 6.79. The molecule has 0 bridgehead atoms. The smallest absolute Gasteiger partial charge is 0.147 e. The van der Waals surface area contributed by atoms with E-state index in [0.717, 1.165) is 31.1 Å². The maximum atomic E-state index is 4.49. The number of likely N-dealkylation sites (N-methyl/N-ethyl adjacent to an activating group) is 1. The van der Waals surface area contributed by atoms with Crippen LogP contribution in [-0.4, -0.2) is 47.6 Å². The van der Waals surface area contributed by atoms with Gasteiger partial charge in [0, 0.05) is 19.1 Å². The first-order chi connectivity index (χ1) is 8.79. The van der Waals surface area contributed by atoms with Crippen molar-refractivity contribution in [3.8, 4) is 0 Å². The van der Waals surface area contributed by atoms with E-state index >= 15 is 0 Å². The van der Waals surface area contributed by atoms with Crippen molar-refractivity contribution in [2.24, 2.45) is 0 Å². The third-order valence-corrected chi connectivity index (χ3v) is 3.38. The average molecular weight is 249 g/mol. The number of hydrogen-bond acceptors (Lipinski definition) is 5. The van der Waals surface area contributed by atoms with Crippen LogP contribution in [-0.2, 0) is 0 Å². The Labute approximate surface area is 109 Å². The monoisotopic (exact) mass is 249 g/mol. The van der Waals surface area contributed by atoms with Gasteiger partial charge in [-0.1, -0.05) is 6.92 Å². The first-order valence-electron chi connectivity index (χ1n) is 6.79. The summed E-state index contributed by atoms with van der Waals surface area (Å²) in [6.07, 6.45) is 7.21. The largest absolute Gasteiger partial charge is 0.369 e. The number of aromatic nitrogens is 2. The van der Waals surface area contributed by atoms with Gasteiger partial charge in [-0.05, 0) is 32.9 Å². The molecule has 1 aromatic heterocycles. The second-order valence-electron chi connectivity index (χ2n) is 4.87. The van der Waals surface area contributed by atoms with E-state index in [2.05, 4.69) is 39.5 Å². The third kappa shape index (κ3) is 3.57. The fraction of sp³-hybridized carbons (Fsp3) is 0.692. The highest BCUT2D eigenvalue weighted by molar-refractivity contribution is 5.41. The van der Waals surface area contributed by atoms with Gasteiger partial charge < -0.3 is 15.5 Å². The summed E-state index contributed by atoms with van der Waals surface area (Å²) in [6.45, 7) is 5.22. The molecule has 100 valence electrons. The summed E-state index contributed by atoms with van der Waals surface area (Å²) in [5.74, 6) is 1.71. The lowest BCUT2D eigenvalue weighted by Gasteiger charge is -2.19. The van der Waals surface area contributed by atoms with Gasteiger partial charge in [-0.2, -0.15) is 0 Å². The molecule has 0 saturated carbocycles. The van der Waals surface area contributed by atoms with E-state index < -0.39 is 0 Å². The van der Waals surface area contributed by atoms with Gasteiger partial charge in [0.1, 0.15) is 11.6 Å². The van der Waals surface area contributed by atoms with E-state index in [-0.39, 0.29) is 0 Å². The zero-order chi connectivity index (χ0) is 12.8. The lowest BCUT2D eigenvalue weighted by Crippen LogP contribution is -2.31. The Balaban J connectivity index is 1.84. The van der Waals surface area contributed by atoms with Crippen molar-refractivity contribution in [1.29, 1.82) is 0 Å². The number of rotatable bonds is 6. The van der Waals surface area contributed by atoms with Crippen LogP contribution in [0.1, 0.15) is 26.2 Å². The van der Waals surface area contributed by atoms with Crippen LogP contribution < -0.4 is 10.6 Å². The summed E-state index contributed by atoms with van der Waals surface area (Å²) >= 11 is 0. The normalized spacial score (nSPS) is 20.0. The van der Waals surface area contributed by atoms with Gasteiger partial charge in [0.15, 0.2) is 0 Å². The summed E-state index contributed by atoms with van der Waals surface area (Å²) in [6, 6.07) is 0.624. The van der Waals surface area contributed by atoms with Crippen LogP contribution in [0.2, 0.25) is 0 Å². The summed E-state index contributed by atoms with van der Waals surface area (Å²) in [5, 5.41) is 6.63. The Morgan fingerprint density at radius 1 is 1.33 bits per heavy atom. The molecule has 2 N–H and O–H groups in total. The van der Waals surface area contributed by atoms with E-state index in [0.29, 0.717) is 6.04 Å². The predicted octanol–water partition coefficient (Wildman–Crippen LogP) is 1.80. The summed E-state index contributed by atoms with van der Waals surface area (Å²) < 4.78 is 0. The van der Waals surface area contributed by atoms with Crippen LogP contribution >= 0.6 is 0 Å². The Hall–Kier alpha value is -1.36. The van der Waals surface area contributed by atoms with Crippen molar-refractivity contribution in [1.82, 2.24) is 14.9 Å². The van der Waals surface area contributed by atoms with Crippen molar-refractivity contribution in [3.05, 3.63) is 12.4 Å². The van der Waals surface area contributed by atoms with E-state index in [4.69, 9.17) is 0 Å². The summed E-state index contributed by atoms with van der Waals surface area (Å²) in [4.78, 5) is 11.1. The maximum absolute atomic E-state index is 4.49. The maximum Gasteiger partial charge on any atom is 0.147 e. The topological polar surface area (TPSA) is 53.1 Å². The van der Waals surface area contributed by atoms with Crippen LogP contribution in [0.15, 0.2) is 12.4 Å². The molecule has 1 unspecified atom stereocenters. The Bertz CT molecular complexity index is 368. The van der Waals surface area contributed by atoms with E-state index in [1.807, 2.05) is 0 Å². The average Bonchev–Trinajstić information content (AvgIpc) is 2.80. The molecule has 1 saturated heterocycles. The molecule has 1 aliphatic rings. The second-order valence-corrected chi connectivity index (χ2v) is 4.87. The molecule has 1 aliphatic heterocycles. The standard InChI is InChI=1S/C13H23N5/c1-3-6-15-12-9-14-10-13(17-12)16-8-11-5-4-7-18(11)2/h9-11H,3-8H2,1-2H3,(H2,15,16,17). The van der Waals surface area contributed by atoms with Crippen LogP contribution in [0.3, 0.4) is 0 Å². The number of anilines is 2. The van der Waals surface area contributed by atoms with Crippen molar-refractivity contribution in [2.75, 3.05) is 37.3 Å². The van der Waals surface area contributed by atoms with Crippen molar-refractivity contribution in [3.63, 3.8) is 0 Å². The SMILES string of the molecule is CCCNc1cncc(NCC2CCCN2C)n1. The van der Waals surface area contributed by atoms with Gasteiger partial charge in [0.25, 0.3) is 0 Å². The third-order valence-electron chi connectivity index (χ3n) is 3.38. The van der Waals surface area contributed by atoms with Crippen molar-refractivity contribution >= 4 is 11.6 Å². The zero-order valence-electron chi connectivity index (χ0n) is 11.3. The number of nitrogens with one attached hydrogen (secondary N) is 2. The molecular weight excluding hydrogens is 226 g/mol. The fourth-order valence-corrected chi connectivity index (χ4v) is 2.25. The Morgan fingerprint density at radius 2 is 2.11 bits per heavy atom. The molecule has 0 spiro atoms. The van der Waals surface area contributed by atoms with Gasteiger partial charge in [-0.25, -0.2) is 4.98 Å². The second kappa shape index (κ2) is 6.54. The Morgan fingerprint density at radius 3 is 2.78 bits per heavy atom. The predicted molar refractivity (Wildman–Crippen MR) is 75.0 cm³/mol. The molecule has 5 nitrogen and oxygen atoms in total. The Kier molecular flexibility index (Phi) is 4.75. The molecule has 1 atom stereocenters. The number of likely N-dealkylation sites (tertiary alicyclic amines) is 1. The van der Waals surface area contributed by atoms with Gasteiger partial charge in [0.2, 0.25) is 0 Å². The molecule has 2 heterocycles. The van der Waals surface area contributed by atoms with E-state index in [9.17, 15) is 0 Å². The minimum atomic E-state index is 0.624. The van der Waals surface area contributed by atoms with E-state index in [1.165, 1.54) is 19.4 Å². The molecular formula is C13H23N5. The molecule has 0 amide bonds. The molecule has 0 radical (unpaired) electrons. The minimum absolute atomic E-state index is 0.624. The highest BCUT2D eigenvalue weighted by atomic mass is 15.2. The first kappa shape index (κ1) is 13.1. The molecule has 18 heavy (non-hydrogen) atoms. The van der Waals surface area contributed by atoms with Crippen LogP contribution in [0.5, 0.6) is 0 Å². The molecule has 2 rings (SSSR count). The summed E-state index contributed by atoms with van der Waals surface area (Å²) in [7, 11) is 2.18. The van der Waals surface area contributed by atoms with Crippen LogP contribution in [0, 0.1) is 0 Å². The summed E-state index contributed by atoms with van der Waals surface area (Å²) in [5.41, 5.74) is 0. The van der Waals surface area contributed by atoms with Crippen molar-refractivity contribution < 1.29 is 0 Å². The molecule has 1 aromatic rings. The fourth-order valence-electron chi connectivity index (χ4n) is 2.25.